The third kappa shape index (κ3) is 2.48. The summed E-state index contributed by atoms with van der Waals surface area (Å²) in [4.78, 5) is 23.3. The van der Waals surface area contributed by atoms with E-state index in [-0.39, 0.29) is 0 Å². The molecule has 3 aromatic rings. The molecular formula is C19H15N3O3. The first-order chi connectivity index (χ1) is 12.2. The van der Waals surface area contributed by atoms with Gasteiger partial charge in [0.25, 0.3) is 0 Å². The molecule has 0 saturated heterocycles. The Morgan fingerprint density at radius 2 is 1.92 bits per heavy atom. The molecule has 0 radical (unpaired) electrons. The van der Waals surface area contributed by atoms with Crippen molar-refractivity contribution in [2.75, 3.05) is 12.0 Å². The van der Waals surface area contributed by atoms with E-state index >= 15 is 0 Å². The number of aryl methyl sites for hydroxylation is 1. The van der Waals surface area contributed by atoms with Crippen LogP contribution in [0.1, 0.15) is 15.9 Å². The first-order valence-corrected chi connectivity index (χ1v) is 7.76. The van der Waals surface area contributed by atoms with E-state index in [1.807, 2.05) is 31.2 Å². The summed E-state index contributed by atoms with van der Waals surface area (Å²) < 4.78 is 11.1. The van der Waals surface area contributed by atoms with Crippen LogP contribution < -0.4 is 14.4 Å². The van der Waals surface area contributed by atoms with Gasteiger partial charge in [-0.2, -0.15) is 0 Å². The van der Waals surface area contributed by atoms with Crippen molar-refractivity contribution in [2.45, 2.75) is 6.92 Å². The minimum Gasteiger partial charge on any atom is -0.495 e. The van der Waals surface area contributed by atoms with Crippen LogP contribution in [-0.2, 0) is 0 Å². The van der Waals surface area contributed by atoms with E-state index in [2.05, 4.69) is 9.97 Å². The van der Waals surface area contributed by atoms with E-state index in [0.29, 0.717) is 28.7 Å². The van der Waals surface area contributed by atoms with Gasteiger partial charge >= 0.3 is 5.97 Å². The van der Waals surface area contributed by atoms with Crippen molar-refractivity contribution in [3.63, 3.8) is 0 Å². The molecule has 25 heavy (non-hydrogen) atoms. The van der Waals surface area contributed by atoms with Gasteiger partial charge in [-0.05, 0) is 42.8 Å². The molecule has 1 aliphatic heterocycles. The number of fused-ring (bicyclic) bond motifs is 2. The summed E-state index contributed by atoms with van der Waals surface area (Å²) in [6, 6.07) is 12.7. The number of ether oxygens (including phenoxy) is 2. The number of carbonyl (C=O) groups is 1. The van der Waals surface area contributed by atoms with E-state index in [1.54, 1.807) is 42.6 Å². The lowest BCUT2D eigenvalue weighted by molar-refractivity contribution is 0.0738. The van der Waals surface area contributed by atoms with Crippen LogP contribution in [0.5, 0.6) is 11.5 Å². The maximum Gasteiger partial charge on any atom is 0.347 e. The van der Waals surface area contributed by atoms with Crippen molar-refractivity contribution in [1.29, 1.82) is 0 Å². The van der Waals surface area contributed by atoms with Gasteiger partial charge in [0.15, 0.2) is 17.4 Å². The minimum atomic E-state index is -0.464. The molecule has 0 unspecified atom stereocenters. The van der Waals surface area contributed by atoms with Crippen LogP contribution in [-0.4, -0.2) is 23.0 Å². The monoisotopic (exact) mass is 333 g/mol. The zero-order chi connectivity index (χ0) is 17.4. The molecule has 1 aromatic carbocycles. The largest absolute Gasteiger partial charge is 0.495 e. The van der Waals surface area contributed by atoms with Crippen molar-refractivity contribution in [3.8, 4) is 11.5 Å². The summed E-state index contributed by atoms with van der Waals surface area (Å²) >= 11 is 0. The van der Waals surface area contributed by atoms with E-state index < -0.39 is 5.97 Å². The van der Waals surface area contributed by atoms with E-state index in [1.165, 1.54) is 0 Å². The second-order valence-electron chi connectivity index (χ2n) is 5.61. The summed E-state index contributed by atoms with van der Waals surface area (Å²) in [5, 5.41) is 0. The smallest absolute Gasteiger partial charge is 0.347 e. The number of pyridine rings is 2. The number of hydrogen-bond donors (Lipinski definition) is 0. The molecular weight excluding hydrogens is 318 g/mol. The second kappa shape index (κ2) is 5.90. The average molecular weight is 333 g/mol. The zero-order valence-corrected chi connectivity index (χ0v) is 13.8. The molecule has 124 valence electrons. The van der Waals surface area contributed by atoms with Gasteiger partial charge in [-0.15, -0.1) is 0 Å². The van der Waals surface area contributed by atoms with E-state index in [9.17, 15) is 4.79 Å². The van der Waals surface area contributed by atoms with Gasteiger partial charge < -0.3 is 9.47 Å². The standard InChI is InChI=1S/C19H15N3O3/c1-12-10-16-18(21-11-12)22(14-7-3-4-8-15(14)24-2)17-13(19(23)25-16)6-5-9-20-17/h3-11H,1-2H3. The Morgan fingerprint density at radius 1 is 1.08 bits per heavy atom. The molecule has 6 nitrogen and oxygen atoms in total. The van der Waals surface area contributed by atoms with Gasteiger partial charge in [0.05, 0.1) is 12.8 Å². The Labute approximate surface area is 144 Å². The van der Waals surface area contributed by atoms with Crippen LogP contribution in [0.4, 0.5) is 17.3 Å². The van der Waals surface area contributed by atoms with E-state index in [0.717, 1.165) is 11.3 Å². The number of nitrogens with zero attached hydrogens (tertiary/aromatic N) is 3. The Balaban J connectivity index is 2.05. The zero-order valence-electron chi connectivity index (χ0n) is 13.8. The highest BCUT2D eigenvalue weighted by Crippen LogP contribution is 2.45. The summed E-state index contributed by atoms with van der Waals surface area (Å²) in [7, 11) is 1.60. The fraction of sp³-hybridized carbons (Fsp3) is 0.105. The van der Waals surface area contributed by atoms with Crippen LogP contribution in [0.15, 0.2) is 54.9 Å². The lowest BCUT2D eigenvalue weighted by Crippen LogP contribution is -2.15. The third-order valence-corrected chi connectivity index (χ3v) is 3.93. The van der Waals surface area contributed by atoms with Crippen molar-refractivity contribution < 1.29 is 14.3 Å². The molecule has 0 amide bonds. The van der Waals surface area contributed by atoms with Gasteiger partial charge in [0.1, 0.15) is 11.3 Å². The Hall–Kier alpha value is -3.41. The first kappa shape index (κ1) is 15.1. The van der Waals surface area contributed by atoms with Crippen LogP contribution in [0.3, 0.4) is 0 Å². The van der Waals surface area contributed by atoms with Crippen LogP contribution >= 0.6 is 0 Å². The maximum atomic E-state index is 12.6. The average Bonchev–Trinajstić information content (AvgIpc) is 2.75. The molecule has 6 heteroatoms. The Morgan fingerprint density at radius 3 is 2.76 bits per heavy atom. The Kier molecular flexibility index (Phi) is 3.57. The molecule has 0 aliphatic carbocycles. The lowest BCUT2D eigenvalue weighted by Gasteiger charge is -2.24. The maximum absolute atomic E-state index is 12.6. The number of para-hydroxylation sites is 2. The third-order valence-electron chi connectivity index (χ3n) is 3.93. The SMILES string of the molecule is COc1ccccc1N1c2ncc(C)cc2OC(=O)c2cccnc21. The molecule has 3 heterocycles. The molecule has 4 rings (SSSR count). The first-order valence-electron chi connectivity index (χ1n) is 7.76. The predicted octanol–water partition coefficient (Wildman–Crippen LogP) is 3.80. The number of carbonyl (C=O) groups excluding carboxylic acids is 1. The summed E-state index contributed by atoms with van der Waals surface area (Å²) in [6.07, 6.45) is 3.36. The Bertz CT molecular complexity index is 972. The molecule has 0 atom stereocenters. The summed E-state index contributed by atoms with van der Waals surface area (Å²) in [5.41, 5.74) is 1.98. The molecule has 2 aromatic heterocycles. The highest BCUT2D eigenvalue weighted by atomic mass is 16.5. The minimum absolute atomic E-state index is 0.365. The molecule has 0 fully saturated rings. The topological polar surface area (TPSA) is 64.6 Å². The van der Waals surface area contributed by atoms with Crippen molar-refractivity contribution in [1.82, 2.24) is 9.97 Å². The number of rotatable bonds is 2. The van der Waals surface area contributed by atoms with Gasteiger partial charge in [-0.25, -0.2) is 14.8 Å². The molecule has 0 saturated carbocycles. The van der Waals surface area contributed by atoms with Crippen LogP contribution in [0.2, 0.25) is 0 Å². The fourth-order valence-electron chi connectivity index (χ4n) is 2.81. The normalized spacial score (nSPS) is 12.7. The van der Waals surface area contributed by atoms with Gasteiger partial charge in [-0.3, -0.25) is 4.90 Å². The van der Waals surface area contributed by atoms with Crippen molar-refractivity contribution in [2.24, 2.45) is 0 Å². The predicted molar refractivity (Wildman–Crippen MR) is 93.0 cm³/mol. The van der Waals surface area contributed by atoms with E-state index in [4.69, 9.17) is 9.47 Å². The molecule has 1 aliphatic rings. The van der Waals surface area contributed by atoms with Crippen LogP contribution in [0.25, 0.3) is 0 Å². The van der Waals surface area contributed by atoms with Gasteiger partial charge in [0, 0.05) is 12.4 Å². The quantitative estimate of drug-likeness (QED) is 0.665. The molecule has 0 spiro atoms. The highest BCUT2D eigenvalue weighted by molar-refractivity contribution is 6.01. The fourth-order valence-corrected chi connectivity index (χ4v) is 2.81. The molecule has 0 N–H and O–H groups in total. The van der Waals surface area contributed by atoms with Gasteiger partial charge in [0.2, 0.25) is 0 Å². The van der Waals surface area contributed by atoms with Crippen molar-refractivity contribution in [3.05, 3.63) is 66.0 Å². The number of methoxy groups -OCH3 is 1. The number of anilines is 3. The van der Waals surface area contributed by atoms with Crippen LogP contribution in [0, 0.1) is 6.92 Å². The lowest BCUT2D eigenvalue weighted by atomic mass is 10.2. The number of benzene rings is 1. The summed E-state index contributed by atoms with van der Waals surface area (Å²) in [6.45, 7) is 1.89. The number of hydrogen-bond acceptors (Lipinski definition) is 6. The summed E-state index contributed by atoms with van der Waals surface area (Å²) in [5.74, 6) is 1.50. The molecule has 0 bridgehead atoms. The number of aromatic nitrogens is 2. The second-order valence-corrected chi connectivity index (χ2v) is 5.61. The number of esters is 1. The van der Waals surface area contributed by atoms with Gasteiger partial charge in [-0.1, -0.05) is 12.1 Å². The van der Waals surface area contributed by atoms with Crippen molar-refractivity contribution >= 4 is 23.3 Å². The highest BCUT2D eigenvalue weighted by Gasteiger charge is 2.31.